The van der Waals surface area contributed by atoms with E-state index in [-0.39, 0.29) is 30.3 Å². The molecule has 1 rings (SSSR count). The molecule has 3 unspecified atom stereocenters. The first-order valence-electron chi connectivity index (χ1n) is 5.92. The van der Waals surface area contributed by atoms with Crippen molar-refractivity contribution in [1.82, 2.24) is 10.6 Å². The van der Waals surface area contributed by atoms with Gasteiger partial charge in [0.2, 0.25) is 5.91 Å². The first kappa shape index (κ1) is 16.6. The van der Waals surface area contributed by atoms with Crippen LogP contribution in [0.3, 0.4) is 0 Å². The van der Waals surface area contributed by atoms with Gasteiger partial charge in [-0.25, -0.2) is 0 Å². The minimum absolute atomic E-state index is 0. The highest BCUT2D eigenvalue weighted by atomic mass is 35.5. The van der Waals surface area contributed by atoms with Gasteiger partial charge in [0, 0.05) is 13.1 Å². The van der Waals surface area contributed by atoms with Gasteiger partial charge < -0.3 is 20.5 Å². The van der Waals surface area contributed by atoms with E-state index in [9.17, 15) is 9.90 Å². The van der Waals surface area contributed by atoms with Gasteiger partial charge in [0.15, 0.2) is 0 Å². The Bertz CT molecular complexity index is 223. The molecule has 0 spiro atoms. The second-order valence-electron chi connectivity index (χ2n) is 4.28. The number of rotatable bonds is 5. The van der Waals surface area contributed by atoms with Gasteiger partial charge >= 0.3 is 0 Å². The van der Waals surface area contributed by atoms with Crippen LogP contribution in [0.5, 0.6) is 0 Å². The van der Waals surface area contributed by atoms with Gasteiger partial charge in [-0.05, 0) is 5.92 Å². The number of morpholine rings is 1. The van der Waals surface area contributed by atoms with E-state index in [1.165, 1.54) is 0 Å². The molecule has 5 nitrogen and oxygen atoms in total. The Kier molecular flexibility index (Phi) is 8.51. The van der Waals surface area contributed by atoms with Crippen LogP contribution in [0.4, 0.5) is 0 Å². The van der Waals surface area contributed by atoms with Gasteiger partial charge in [0.05, 0.1) is 19.3 Å². The van der Waals surface area contributed by atoms with E-state index in [1.54, 1.807) is 0 Å². The average Bonchev–Trinajstić information content (AvgIpc) is 2.35. The van der Waals surface area contributed by atoms with Crippen molar-refractivity contribution in [2.75, 3.05) is 26.3 Å². The van der Waals surface area contributed by atoms with Crippen LogP contribution >= 0.6 is 12.4 Å². The number of carbonyl (C=O) groups excluding carboxylic acids is 1. The number of hydrogen-bond donors (Lipinski definition) is 3. The minimum Gasteiger partial charge on any atom is -0.391 e. The van der Waals surface area contributed by atoms with Gasteiger partial charge in [0.1, 0.15) is 6.04 Å². The summed E-state index contributed by atoms with van der Waals surface area (Å²) in [6.45, 7) is 6.06. The predicted molar refractivity (Wildman–Crippen MR) is 68.3 cm³/mol. The lowest BCUT2D eigenvalue weighted by molar-refractivity contribution is -0.126. The molecule has 102 valence electrons. The van der Waals surface area contributed by atoms with E-state index in [4.69, 9.17) is 4.74 Å². The van der Waals surface area contributed by atoms with Gasteiger partial charge in [-0.15, -0.1) is 12.4 Å². The molecule has 0 aromatic rings. The molecule has 1 aliphatic rings. The topological polar surface area (TPSA) is 70.6 Å². The number of aliphatic hydroxyl groups excluding tert-OH is 1. The number of amides is 1. The normalized spacial score (nSPS) is 23.4. The maximum Gasteiger partial charge on any atom is 0.239 e. The van der Waals surface area contributed by atoms with Crippen LogP contribution in [-0.4, -0.2) is 49.5 Å². The molecule has 1 heterocycles. The van der Waals surface area contributed by atoms with Crippen molar-refractivity contribution in [2.24, 2.45) is 5.92 Å². The van der Waals surface area contributed by atoms with E-state index >= 15 is 0 Å². The van der Waals surface area contributed by atoms with Gasteiger partial charge in [0.25, 0.3) is 0 Å². The highest BCUT2D eigenvalue weighted by Crippen LogP contribution is 2.06. The molecule has 17 heavy (non-hydrogen) atoms. The third kappa shape index (κ3) is 5.68. The summed E-state index contributed by atoms with van der Waals surface area (Å²) in [5, 5.41) is 15.5. The average molecular weight is 267 g/mol. The van der Waals surface area contributed by atoms with Crippen LogP contribution in [0.2, 0.25) is 0 Å². The van der Waals surface area contributed by atoms with Crippen molar-refractivity contribution in [3.8, 4) is 0 Å². The summed E-state index contributed by atoms with van der Waals surface area (Å²) in [5.74, 6) is 0.109. The number of aliphatic hydroxyl groups is 1. The fourth-order valence-corrected chi connectivity index (χ4v) is 1.54. The van der Waals surface area contributed by atoms with E-state index in [2.05, 4.69) is 10.6 Å². The van der Waals surface area contributed by atoms with E-state index in [1.807, 2.05) is 13.8 Å². The molecular weight excluding hydrogens is 244 g/mol. The third-order valence-corrected chi connectivity index (χ3v) is 3.02. The molecule has 3 N–H and O–H groups in total. The Hall–Kier alpha value is -0.360. The Morgan fingerprint density at radius 3 is 2.88 bits per heavy atom. The molecule has 1 amide bonds. The van der Waals surface area contributed by atoms with Crippen LogP contribution in [-0.2, 0) is 9.53 Å². The highest BCUT2D eigenvalue weighted by molar-refractivity contribution is 5.85. The summed E-state index contributed by atoms with van der Waals surface area (Å²) in [4.78, 5) is 11.6. The zero-order valence-electron chi connectivity index (χ0n) is 10.4. The summed E-state index contributed by atoms with van der Waals surface area (Å²) in [6, 6.07) is -0.280. The quantitative estimate of drug-likeness (QED) is 0.651. The first-order valence-corrected chi connectivity index (χ1v) is 5.92. The number of ether oxygens (including phenoxy) is 1. The number of carbonyl (C=O) groups is 1. The monoisotopic (exact) mass is 266 g/mol. The van der Waals surface area contributed by atoms with Crippen molar-refractivity contribution >= 4 is 18.3 Å². The molecular formula is C11H23ClN2O3. The molecule has 6 heteroatoms. The lowest BCUT2D eigenvalue weighted by Gasteiger charge is -2.24. The van der Waals surface area contributed by atoms with E-state index in [0.717, 1.165) is 6.42 Å². The highest BCUT2D eigenvalue weighted by Gasteiger charge is 2.22. The van der Waals surface area contributed by atoms with Gasteiger partial charge in [-0.3, -0.25) is 4.79 Å². The number of nitrogens with one attached hydrogen (secondary N) is 2. The molecule has 0 radical (unpaired) electrons. The molecule has 0 aliphatic carbocycles. The summed E-state index contributed by atoms with van der Waals surface area (Å²) >= 11 is 0. The first-order chi connectivity index (χ1) is 7.65. The van der Waals surface area contributed by atoms with Crippen molar-refractivity contribution in [3.05, 3.63) is 0 Å². The van der Waals surface area contributed by atoms with Crippen molar-refractivity contribution in [3.63, 3.8) is 0 Å². The molecule has 1 aliphatic heterocycles. The van der Waals surface area contributed by atoms with Crippen LogP contribution in [0.1, 0.15) is 20.3 Å². The summed E-state index contributed by atoms with van der Waals surface area (Å²) in [7, 11) is 0. The van der Waals surface area contributed by atoms with Crippen LogP contribution in [0.25, 0.3) is 0 Å². The molecule has 1 fully saturated rings. The number of hydrogen-bond acceptors (Lipinski definition) is 4. The molecule has 1 saturated heterocycles. The van der Waals surface area contributed by atoms with Crippen molar-refractivity contribution < 1.29 is 14.6 Å². The summed E-state index contributed by atoms with van der Waals surface area (Å²) in [5.41, 5.74) is 0. The standard InChI is InChI=1S/C11H22N2O3.ClH/c1-3-8(2)10(14)6-13-11(15)9-7-16-5-4-12-9;/h8-10,12,14H,3-7H2,1-2H3,(H,13,15);1H. The lowest BCUT2D eigenvalue weighted by Crippen LogP contribution is -2.52. The minimum atomic E-state index is -0.474. The van der Waals surface area contributed by atoms with Crippen LogP contribution in [0, 0.1) is 5.92 Å². The van der Waals surface area contributed by atoms with Crippen LogP contribution < -0.4 is 10.6 Å². The lowest BCUT2D eigenvalue weighted by atomic mass is 10.0. The van der Waals surface area contributed by atoms with Gasteiger partial charge in [-0.2, -0.15) is 0 Å². The maximum atomic E-state index is 11.6. The Balaban J connectivity index is 0.00000256. The third-order valence-electron chi connectivity index (χ3n) is 3.02. The fraction of sp³-hybridized carbons (Fsp3) is 0.909. The summed E-state index contributed by atoms with van der Waals surface area (Å²) in [6.07, 6.45) is 0.431. The number of halogens is 1. The zero-order valence-corrected chi connectivity index (χ0v) is 11.3. The Labute approximate surface area is 109 Å². The molecule has 0 aromatic carbocycles. The SMILES string of the molecule is CCC(C)C(O)CNC(=O)C1COCCN1.Cl. The molecule has 0 bridgehead atoms. The summed E-state index contributed by atoms with van der Waals surface area (Å²) < 4.78 is 5.19. The van der Waals surface area contributed by atoms with Gasteiger partial charge in [-0.1, -0.05) is 20.3 Å². The Morgan fingerprint density at radius 2 is 2.35 bits per heavy atom. The second kappa shape index (κ2) is 8.69. The van der Waals surface area contributed by atoms with Crippen molar-refractivity contribution in [1.29, 1.82) is 0 Å². The maximum absolute atomic E-state index is 11.6. The fourth-order valence-electron chi connectivity index (χ4n) is 1.54. The van der Waals surface area contributed by atoms with E-state index < -0.39 is 6.10 Å². The zero-order chi connectivity index (χ0) is 12.0. The molecule has 3 atom stereocenters. The Morgan fingerprint density at radius 1 is 1.65 bits per heavy atom. The molecule has 0 saturated carbocycles. The van der Waals surface area contributed by atoms with Crippen LogP contribution in [0.15, 0.2) is 0 Å². The largest absolute Gasteiger partial charge is 0.391 e. The van der Waals surface area contributed by atoms with E-state index in [0.29, 0.717) is 26.3 Å². The second-order valence-corrected chi connectivity index (χ2v) is 4.28. The smallest absolute Gasteiger partial charge is 0.239 e. The van der Waals surface area contributed by atoms with Crippen molar-refractivity contribution in [2.45, 2.75) is 32.4 Å². The predicted octanol–water partition coefficient (Wildman–Crippen LogP) is -0.0802. The molecule has 0 aromatic heterocycles.